The van der Waals surface area contributed by atoms with E-state index in [9.17, 15) is 4.79 Å². The molecule has 1 N–H and O–H groups in total. The fourth-order valence-corrected chi connectivity index (χ4v) is 1.06. The summed E-state index contributed by atoms with van der Waals surface area (Å²) in [5, 5.41) is 8.75. The Morgan fingerprint density at radius 1 is 1.43 bits per heavy atom. The zero-order valence-corrected chi connectivity index (χ0v) is 9.11. The molecule has 0 spiro atoms. The first-order valence-electron chi connectivity index (χ1n) is 4.81. The molecular formula is C11H17NO2. The summed E-state index contributed by atoms with van der Waals surface area (Å²) in [5.74, 6) is -0.760. The largest absolute Gasteiger partial charge is 0.477 e. The Kier molecular flexibility index (Phi) is 5.53. The molecule has 0 bridgehead atoms. The minimum Gasteiger partial charge on any atom is -0.477 e. The van der Waals surface area contributed by atoms with Crippen LogP contribution in [0.4, 0.5) is 0 Å². The third-order valence-corrected chi connectivity index (χ3v) is 1.66. The highest BCUT2D eigenvalue weighted by molar-refractivity contribution is 5.87. The molecule has 0 aliphatic heterocycles. The predicted octanol–water partition coefficient (Wildman–Crippen LogP) is 2.93. The molecule has 0 aromatic carbocycles. The van der Waals surface area contributed by atoms with Crippen molar-refractivity contribution in [1.29, 1.82) is 0 Å². The van der Waals surface area contributed by atoms with Crippen molar-refractivity contribution in [2.24, 2.45) is 0 Å². The molecule has 0 atom stereocenters. The fourth-order valence-electron chi connectivity index (χ4n) is 1.06. The summed E-state index contributed by atoms with van der Waals surface area (Å²) >= 11 is 0. The van der Waals surface area contributed by atoms with Crippen LogP contribution in [-0.2, 0) is 0 Å². The maximum absolute atomic E-state index is 10.7. The number of aromatic carboxylic acids is 1. The highest BCUT2D eigenvalue weighted by atomic mass is 16.4. The molecule has 0 radical (unpaired) electrons. The van der Waals surface area contributed by atoms with Gasteiger partial charge in [-0.1, -0.05) is 33.8 Å². The van der Waals surface area contributed by atoms with Gasteiger partial charge in [0, 0.05) is 6.20 Å². The molecule has 1 aromatic heterocycles. The monoisotopic (exact) mass is 195 g/mol. The van der Waals surface area contributed by atoms with Crippen molar-refractivity contribution in [2.45, 2.75) is 33.6 Å². The van der Waals surface area contributed by atoms with Gasteiger partial charge in [-0.25, -0.2) is 9.78 Å². The van der Waals surface area contributed by atoms with Gasteiger partial charge < -0.3 is 5.11 Å². The minimum absolute atomic E-state index is 0.160. The summed E-state index contributed by atoms with van der Waals surface area (Å²) in [6.07, 6.45) is 1.50. The van der Waals surface area contributed by atoms with Crippen LogP contribution >= 0.6 is 0 Å². The second-order valence-electron chi connectivity index (χ2n) is 2.90. The van der Waals surface area contributed by atoms with E-state index >= 15 is 0 Å². The van der Waals surface area contributed by atoms with E-state index in [1.54, 1.807) is 12.1 Å². The number of hydrogen-bond acceptors (Lipinski definition) is 2. The van der Waals surface area contributed by atoms with Gasteiger partial charge in [-0.05, 0) is 17.5 Å². The predicted molar refractivity (Wildman–Crippen MR) is 56.6 cm³/mol. The van der Waals surface area contributed by atoms with Crippen molar-refractivity contribution in [3.05, 3.63) is 29.6 Å². The maximum atomic E-state index is 10.7. The Morgan fingerprint density at radius 2 is 2.00 bits per heavy atom. The molecule has 3 nitrogen and oxygen atoms in total. The van der Waals surface area contributed by atoms with Crippen LogP contribution < -0.4 is 0 Å². The van der Waals surface area contributed by atoms with E-state index in [2.05, 4.69) is 4.98 Å². The maximum Gasteiger partial charge on any atom is 0.354 e. The smallest absolute Gasteiger partial charge is 0.354 e. The summed E-state index contributed by atoms with van der Waals surface area (Å²) in [5.41, 5.74) is 0.942. The van der Waals surface area contributed by atoms with Crippen molar-refractivity contribution < 1.29 is 9.90 Å². The number of rotatable bonds is 2. The number of carbonyl (C=O) groups is 1. The average Bonchev–Trinajstić information content (AvgIpc) is 2.20. The van der Waals surface area contributed by atoms with Crippen molar-refractivity contribution in [3.8, 4) is 0 Å². The molecule has 1 heterocycles. The van der Waals surface area contributed by atoms with Crippen LogP contribution in [0.5, 0.6) is 0 Å². The van der Waals surface area contributed by atoms with Crippen molar-refractivity contribution in [3.63, 3.8) is 0 Å². The molecule has 1 rings (SSSR count). The Balaban J connectivity index is 0.000000791. The lowest BCUT2D eigenvalue weighted by atomic mass is 10.0. The summed E-state index contributed by atoms with van der Waals surface area (Å²) < 4.78 is 0. The summed E-state index contributed by atoms with van der Waals surface area (Å²) in [4.78, 5) is 14.5. The fraction of sp³-hybridized carbons (Fsp3) is 0.455. The zero-order chi connectivity index (χ0) is 11.1. The van der Waals surface area contributed by atoms with Crippen LogP contribution in [0.3, 0.4) is 0 Å². The SMILES string of the molecule is CC.CC(C)c1cccnc1C(=O)O. The number of hydrogen-bond donors (Lipinski definition) is 1. The number of pyridine rings is 1. The third kappa shape index (κ3) is 3.17. The second-order valence-corrected chi connectivity index (χ2v) is 2.90. The molecule has 1 aromatic rings. The molecule has 0 fully saturated rings. The molecule has 0 saturated heterocycles. The average molecular weight is 195 g/mol. The molecule has 0 saturated carbocycles. The Morgan fingerprint density at radius 3 is 2.36 bits per heavy atom. The van der Waals surface area contributed by atoms with Gasteiger partial charge in [0.15, 0.2) is 5.69 Å². The lowest BCUT2D eigenvalue weighted by molar-refractivity contribution is 0.0688. The van der Waals surface area contributed by atoms with Gasteiger partial charge in [0.25, 0.3) is 0 Å². The first kappa shape index (κ1) is 12.6. The van der Waals surface area contributed by atoms with Gasteiger partial charge in [0.05, 0.1) is 0 Å². The van der Waals surface area contributed by atoms with Crippen LogP contribution in [0.25, 0.3) is 0 Å². The van der Waals surface area contributed by atoms with Gasteiger partial charge in [-0.3, -0.25) is 0 Å². The van der Waals surface area contributed by atoms with Crippen LogP contribution in [0, 0.1) is 0 Å². The quantitative estimate of drug-likeness (QED) is 0.789. The van der Waals surface area contributed by atoms with E-state index in [1.807, 2.05) is 27.7 Å². The highest BCUT2D eigenvalue weighted by Gasteiger charge is 2.12. The standard InChI is InChI=1S/C9H11NO2.C2H6/c1-6(2)7-4-3-5-10-8(7)9(11)12;1-2/h3-6H,1-2H3,(H,11,12);1-2H3. The topological polar surface area (TPSA) is 50.2 Å². The van der Waals surface area contributed by atoms with E-state index in [4.69, 9.17) is 5.11 Å². The van der Waals surface area contributed by atoms with Gasteiger partial charge in [0.2, 0.25) is 0 Å². The minimum atomic E-state index is -0.959. The van der Waals surface area contributed by atoms with Crippen molar-refractivity contribution >= 4 is 5.97 Å². The van der Waals surface area contributed by atoms with E-state index < -0.39 is 5.97 Å². The van der Waals surface area contributed by atoms with Gasteiger partial charge in [0.1, 0.15) is 0 Å². The van der Waals surface area contributed by atoms with Crippen LogP contribution in [-0.4, -0.2) is 16.1 Å². The molecule has 0 amide bonds. The van der Waals surface area contributed by atoms with E-state index in [0.29, 0.717) is 0 Å². The Bertz CT molecular complexity index is 295. The van der Waals surface area contributed by atoms with Gasteiger partial charge >= 0.3 is 5.97 Å². The first-order chi connectivity index (χ1) is 6.63. The third-order valence-electron chi connectivity index (χ3n) is 1.66. The van der Waals surface area contributed by atoms with E-state index in [0.717, 1.165) is 5.56 Å². The van der Waals surface area contributed by atoms with E-state index in [-0.39, 0.29) is 11.6 Å². The molecule has 14 heavy (non-hydrogen) atoms. The second kappa shape index (κ2) is 6.13. The lowest BCUT2D eigenvalue weighted by Gasteiger charge is -2.06. The molecular weight excluding hydrogens is 178 g/mol. The molecule has 0 aliphatic carbocycles. The van der Waals surface area contributed by atoms with Crippen molar-refractivity contribution in [2.75, 3.05) is 0 Å². The Labute approximate surface area is 84.8 Å². The molecule has 0 aliphatic rings. The number of carboxylic acid groups (broad SMARTS) is 1. The van der Waals surface area contributed by atoms with Crippen molar-refractivity contribution in [1.82, 2.24) is 4.98 Å². The number of carboxylic acids is 1. The van der Waals surface area contributed by atoms with E-state index in [1.165, 1.54) is 6.20 Å². The molecule has 3 heteroatoms. The van der Waals surface area contributed by atoms with Crippen LogP contribution in [0.1, 0.15) is 49.7 Å². The highest BCUT2D eigenvalue weighted by Crippen LogP contribution is 2.16. The van der Waals surface area contributed by atoms with Crippen LogP contribution in [0.2, 0.25) is 0 Å². The summed E-state index contributed by atoms with van der Waals surface area (Å²) in [6.45, 7) is 7.90. The normalized spacial score (nSPS) is 9.21. The van der Waals surface area contributed by atoms with Crippen LogP contribution in [0.15, 0.2) is 18.3 Å². The summed E-state index contributed by atoms with van der Waals surface area (Å²) in [6, 6.07) is 3.54. The lowest BCUT2D eigenvalue weighted by Crippen LogP contribution is -2.06. The Hall–Kier alpha value is -1.38. The number of nitrogens with zero attached hydrogens (tertiary/aromatic N) is 1. The van der Waals surface area contributed by atoms with Gasteiger partial charge in [-0.2, -0.15) is 0 Å². The molecule has 78 valence electrons. The summed E-state index contributed by atoms with van der Waals surface area (Å²) in [7, 11) is 0. The number of aromatic nitrogens is 1. The van der Waals surface area contributed by atoms with Gasteiger partial charge in [-0.15, -0.1) is 0 Å². The first-order valence-corrected chi connectivity index (χ1v) is 4.81. The molecule has 0 unspecified atom stereocenters. The zero-order valence-electron chi connectivity index (χ0n) is 9.11.